The van der Waals surface area contributed by atoms with Gasteiger partial charge in [0.1, 0.15) is 5.82 Å². The molecule has 3 nitrogen and oxygen atoms in total. The molecule has 0 aliphatic heterocycles. The van der Waals surface area contributed by atoms with E-state index in [-0.39, 0.29) is 0 Å². The summed E-state index contributed by atoms with van der Waals surface area (Å²) < 4.78 is 2.63. The Hall–Kier alpha value is -1.00. The van der Waals surface area contributed by atoms with Gasteiger partial charge >= 0.3 is 0 Å². The van der Waals surface area contributed by atoms with Crippen LogP contribution in [-0.2, 0) is 13.5 Å². The van der Waals surface area contributed by atoms with Crippen LogP contribution in [0, 0.1) is 0 Å². The van der Waals surface area contributed by atoms with Crippen LogP contribution >= 0.6 is 27.5 Å². The van der Waals surface area contributed by atoms with Gasteiger partial charge in [-0.05, 0) is 18.6 Å². The minimum atomic E-state index is 0.697. The third-order valence-electron chi connectivity index (χ3n) is 2.73. The molecule has 0 radical (unpaired) electrons. The number of nitrogens with zero attached hydrogens (tertiary/aromatic N) is 2. The summed E-state index contributed by atoms with van der Waals surface area (Å²) in [5, 5.41) is 5.16. The van der Waals surface area contributed by atoms with E-state index in [0.29, 0.717) is 10.8 Å². The van der Waals surface area contributed by atoms with E-state index in [0.717, 1.165) is 27.7 Å². The number of halogens is 2. The van der Waals surface area contributed by atoms with Crippen LogP contribution in [0.2, 0.25) is 5.02 Å². The third kappa shape index (κ3) is 2.19. The first-order chi connectivity index (χ1) is 8.04. The molecule has 1 aromatic heterocycles. The summed E-state index contributed by atoms with van der Waals surface area (Å²) >= 11 is 9.44. The van der Waals surface area contributed by atoms with Crippen LogP contribution in [0.1, 0.15) is 12.5 Å². The van der Waals surface area contributed by atoms with Crippen molar-refractivity contribution in [3.63, 3.8) is 0 Å². The van der Waals surface area contributed by atoms with Crippen LogP contribution in [0.3, 0.4) is 0 Å². The first kappa shape index (κ1) is 12.5. The Kier molecular flexibility index (Phi) is 3.45. The maximum absolute atomic E-state index is 5.99. The molecule has 0 fully saturated rings. The van der Waals surface area contributed by atoms with Gasteiger partial charge in [-0.25, -0.2) is 0 Å². The van der Waals surface area contributed by atoms with E-state index in [2.05, 4.69) is 28.0 Å². The van der Waals surface area contributed by atoms with Crippen molar-refractivity contribution < 1.29 is 0 Å². The van der Waals surface area contributed by atoms with Gasteiger partial charge in [0.05, 0.1) is 5.69 Å². The van der Waals surface area contributed by atoms with Crippen LogP contribution in [0.5, 0.6) is 0 Å². The number of hydrogen-bond donors (Lipinski definition) is 1. The lowest BCUT2D eigenvalue weighted by atomic mass is 10.1. The molecule has 0 aliphatic carbocycles. The second-order valence-electron chi connectivity index (χ2n) is 3.81. The fourth-order valence-electron chi connectivity index (χ4n) is 1.83. The van der Waals surface area contributed by atoms with Crippen molar-refractivity contribution in [3.8, 4) is 11.3 Å². The number of rotatable bonds is 2. The molecule has 0 bridgehead atoms. The molecule has 2 N–H and O–H groups in total. The Morgan fingerprint density at radius 1 is 1.47 bits per heavy atom. The van der Waals surface area contributed by atoms with Gasteiger partial charge in [0.25, 0.3) is 0 Å². The highest BCUT2D eigenvalue weighted by Crippen LogP contribution is 2.34. The van der Waals surface area contributed by atoms with Gasteiger partial charge in [0.15, 0.2) is 0 Å². The normalized spacial score (nSPS) is 10.8. The molecule has 5 heteroatoms. The Labute approximate surface area is 114 Å². The van der Waals surface area contributed by atoms with Gasteiger partial charge in [-0.1, -0.05) is 40.5 Å². The molecule has 0 aliphatic rings. The zero-order valence-electron chi connectivity index (χ0n) is 9.67. The molecular weight excluding hydrogens is 302 g/mol. The highest BCUT2D eigenvalue weighted by molar-refractivity contribution is 9.10. The highest BCUT2D eigenvalue weighted by Gasteiger charge is 2.15. The van der Waals surface area contributed by atoms with Crippen LogP contribution in [0.25, 0.3) is 11.3 Å². The zero-order chi connectivity index (χ0) is 12.6. The van der Waals surface area contributed by atoms with Crippen LogP contribution in [0.15, 0.2) is 22.7 Å². The summed E-state index contributed by atoms with van der Waals surface area (Å²) in [6.07, 6.45) is 0.851. The third-order valence-corrected chi connectivity index (χ3v) is 3.62. The largest absolute Gasteiger partial charge is 0.384 e. The summed E-state index contributed by atoms with van der Waals surface area (Å²) in [4.78, 5) is 0. The minimum Gasteiger partial charge on any atom is -0.384 e. The van der Waals surface area contributed by atoms with E-state index >= 15 is 0 Å². The van der Waals surface area contributed by atoms with Gasteiger partial charge in [-0.15, -0.1) is 0 Å². The molecule has 0 amide bonds. The number of hydrogen-bond acceptors (Lipinski definition) is 2. The Morgan fingerprint density at radius 2 is 2.18 bits per heavy atom. The van der Waals surface area contributed by atoms with Crippen LogP contribution < -0.4 is 5.73 Å². The average Bonchev–Trinajstić information content (AvgIpc) is 2.55. The molecule has 1 heterocycles. The van der Waals surface area contributed by atoms with E-state index < -0.39 is 0 Å². The second-order valence-corrected chi connectivity index (χ2v) is 5.10. The molecule has 0 saturated heterocycles. The molecule has 0 spiro atoms. The minimum absolute atomic E-state index is 0.697. The molecule has 0 atom stereocenters. The Morgan fingerprint density at radius 3 is 2.76 bits per heavy atom. The van der Waals surface area contributed by atoms with E-state index in [1.807, 2.05) is 25.2 Å². The van der Waals surface area contributed by atoms with Gasteiger partial charge in [0, 0.05) is 27.7 Å². The van der Waals surface area contributed by atoms with E-state index in [1.54, 1.807) is 4.68 Å². The summed E-state index contributed by atoms with van der Waals surface area (Å²) in [6.45, 7) is 2.07. The lowest BCUT2D eigenvalue weighted by Crippen LogP contribution is -1.98. The van der Waals surface area contributed by atoms with E-state index in [4.69, 9.17) is 17.3 Å². The van der Waals surface area contributed by atoms with Crippen molar-refractivity contribution in [2.45, 2.75) is 13.3 Å². The summed E-state index contributed by atoms with van der Waals surface area (Å²) in [5.41, 5.74) is 8.98. The molecule has 1 aromatic carbocycles. The fourth-order valence-corrected chi connectivity index (χ4v) is 2.70. The van der Waals surface area contributed by atoms with Crippen LogP contribution in [-0.4, -0.2) is 9.78 Å². The molecule has 2 aromatic rings. The molecule has 0 unspecified atom stereocenters. The number of aryl methyl sites for hydroxylation is 1. The van der Waals surface area contributed by atoms with Gasteiger partial charge in [-0.2, -0.15) is 5.10 Å². The van der Waals surface area contributed by atoms with E-state index in [1.165, 1.54) is 0 Å². The molecule has 2 rings (SSSR count). The zero-order valence-corrected chi connectivity index (χ0v) is 12.0. The molecule has 17 heavy (non-hydrogen) atoms. The number of nitrogen functional groups attached to an aromatic ring is 1. The molecule has 90 valence electrons. The maximum atomic E-state index is 5.99. The van der Waals surface area contributed by atoms with Gasteiger partial charge in [-0.3, -0.25) is 4.68 Å². The second kappa shape index (κ2) is 4.70. The lowest BCUT2D eigenvalue weighted by molar-refractivity contribution is 0.781. The van der Waals surface area contributed by atoms with Crippen LogP contribution in [0.4, 0.5) is 5.82 Å². The van der Waals surface area contributed by atoms with E-state index in [9.17, 15) is 0 Å². The molecule has 0 saturated carbocycles. The Bertz CT molecular complexity index is 563. The number of benzene rings is 1. The fraction of sp³-hybridized carbons (Fsp3) is 0.250. The quantitative estimate of drug-likeness (QED) is 0.919. The van der Waals surface area contributed by atoms with Crippen molar-refractivity contribution in [2.75, 3.05) is 5.73 Å². The molecular formula is C12H13BrClN3. The lowest BCUT2D eigenvalue weighted by Gasteiger charge is -2.04. The predicted molar refractivity (Wildman–Crippen MR) is 75.1 cm³/mol. The number of aromatic nitrogens is 2. The van der Waals surface area contributed by atoms with Crippen molar-refractivity contribution in [1.29, 1.82) is 0 Å². The maximum Gasteiger partial charge on any atom is 0.125 e. The van der Waals surface area contributed by atoms with Crippen molar-refractivity contribution in [3.05, 3.63) is 33.3 Å². The summed E-state index contributed by atoms with van der Waals surface area (Å²) in [7, 11) is 1.85. The smallest absolute Gasteiger partial charge is 0.125 e. The first-order valence-electron chi connectivity index (χ1n) is 5.31. The van der Waals surface area contributed by atoms with Gasteiger partial charge in [0.2, 0.25) is 0 Å². The average molecular weight is 315 g/mol. The number of nitrogens with two attached hydrogens (primary N) is 1. The summed E-state index contributed by atoms with van der Waals surface area (Å²) in [5.74, 6) is 0.712. The summed E-state index contributed by atoms with van der Waals surface area (Å²) in [6, 6.07) is 5.67. The number of anilines is 1. The van der Waals surface area contributed by atoms with Gasteiger partial charge < -0.3 is 5.73 Å². The highest BCUT2D eigenvalue weighted by atomic mass is 79.9. The first-order valence-corrected chi connectivity index (χ1v) is 6.48. The topological polar surface area (TPSA) is 43.8 Å². The van der Waals surface area contributed by atoms with Crippen molar-refractivity contribution in [1.82, 2.24) is 9.78 Å². The Balaban J connectivity index is 2.64. The SMILES string of the molecule is CCc1c(-c2ccc(Cl)cc2Br)nn(C)c1N. The van der Waals surface area contributed by atoms with Crippen molar-refractivity contribution >= 4 is 33.3 Å². The predicted octanol–water partition coefficient (Wildman–Crippen LogP) is 3.65. The standard InChI is InChI=1S/C12H13BrClN3/c1-3-8-11(16-17(2)12(8)15)9-5-4-7(14)6-10(9)13/h4-6H,3,15H2,1-2H3. The monoisotopic (exact) mass is 313 g/mol. The van der Waals surface area contributed by atoms with Crippen molar-refractivity contribution in [2.24, 2.45) is 7.05 Å².